The van der Waals surface area contributed by atoms with Gasteiger partial charge in [-0.1, -0.05) is 73.0 Å². The normalized spacial score (nSPS) is 11.1. The van der Waals surface area contributed by atoms with E-state index >= 15 is 0 Å². The van der Waals surface area contributed by atoms with Crippen molar-refractivity contribution in [1.82, 2.24) is 15.1 Å². The summed E-state index contributed by atoms with van der Waals surface area (Å²) in [6.07, 6.45) is 0. The van der Waals surface area contributed by atoms with Crippen LogP contribution in [0.3, 0.4) is 0 Å². The minimum absolute atomic E-state index is 0.103. The molecule has 0 unspecified atom stereocenters. The molecule has 0 atom stereocenters. The van der Waals surface area contributed by atoms with Crippen LogP contribution in [0.2, 0.25) is 0 Å². The van der Waals surface area contributed by atoms with Gasteiger partial charge in [0.25, 0.3) is 0 Å². The van der Waals surface area contributed by atoms with Crippen molar-refractivity contribution in [2.45, 2.75) is 40.7 Å². The van der Waals surface area contributed by atoms with Gasteiger partial charge in [-0.15, -0.1) is 10.2 Å². The van der Waals surface area contributed by atoms with E-state index in [1.54, 1.807) is 39.3 Å². The first-order valence-electron chi connectivity index (χ1n) is 8.94. The second kappa shape index (κ2) is 10.4. The van der Waals surface area contributed by atoms with Gasteiger partial charge in [0.15, 0.2) is 8.68 Å². The van der Waals surface area contributed by atoms with Gasteiger partial charge in [0, 0.05) is 19.3 Å². The van der Waals surface area contributed by atoms with Crippen molar-refractivity contribution in [1.29, 1.82) is 0 Å². The van der Waals surface area contributed by atoms with Crippen LogP contribution in [0.5, 0.6) is 0 Å². The largest absolute Gasteiger partial charge is 0.341 e. The monoisotopic (exact) mass is 449 g/mol. The van der Waals surface area contributed by atoms with E-state index in [4.69, 9.17) is 0 Å². The molecule has 2 aromatic heterocycles. The lowest BCUT2D eigenvalue weighted by Crippen LogP contribution is -2.27. The molecule has 3 aromatic rings. The van der Waals surface area contributed by atoms with Gasteiger partial charge in [-0.05, 0) is 39.4 Å². The zero-order valence-corrected chi connectivity index (χ0v) is 19.4. The van der Waals surface area contributed by atoms with E-state index in [0.717, 1.165) is 14.4 Å². The molecule has 0 saturated carbocycles. The van der Waals surface area contributed by atoms with Gasteiger partial charge >= 0.3 is 0 Å². The Bertz CT molecular complexity index is 875. The molecule has 0 saturated heterocycles. The molecule has 0 radical (unpaired) electrons. The number of carbonyl (C=O) groups is 1. The molecule has 0 aliphatic rings. The van der Waals surface area contributed by atoms with Crippen molar-refractivity contribution >= 4 is 52.1 Å². The molecule has 4 nitrogen and oxygen atoms in total. The van der Waals surface area contributed by atoms with Crippen LogP contribution in [0.4, 0.5) is 0 Å². The molecule has 28 heavy (non-hydrogen) atoms. The summed E-state index contributed by atoms with van der Waals surface area (Å²) < 4.78 is 1.78. The van der Waals surface area contributed by atoms with Crippen LogP contribution in [0.15, 0.2) is 49.8 Å². The molecule has 0 N–H and O–H groups in total. The summed E-state index contributed by atoms with van der Waals surface area (Å²) in [6.45, 7) is 5.05. The maximum atomic E-state index is 12.3. The maximum Gasteiger partial charge on any atom is 0.233 e. The second-order valence-electron chi connectivity index (χ2n) is 6.69. The summed E-state index contributed by atoms with van der Waals surface area (Å²) in [6, 6.07) is 10.8. The molecule has 0 aliphatic heterocycles. The van der Waals surface area contributed by atoms with Gasteiger partial charge in [-0.3, -0.25) is 4.79 Å². The summed E-state index contributed by atoms with van der Waals surface area (Å²) in [4.78, 5) is 14.1. The van der Waals surface area contributed by atoms with Crippen molar-refractivity contribution in [3.8, 4) is 0 Å². The van der Waals surface area contributed by atoms with Crippen LogP contribution in [0.25, 0.3) is 0 Å². The number of benzene rings is 1. The number of thiophene rings is 1. The lowest BCUT2D eigenvalue weighted by atomic mass is 10.0. The highest BCUT2D eigenvalue weighted by Gasteiger charge is 2.13. The topological polar surface area (TPSA) is 46.1 Å². The average Bonchev–Trinajstić information content (AvgIpc) is 3.36. The van der Waals surface area contributed by atoms with E-state index in [-0.39, 0.29) is 5.91 Å². The van der Waals surface area contributed by atoms with Crippen LogP contribution >= 0.6 is 46.2 Å². The summed E-state index contributed by atoms with van der Waals surface area (Å²) >= 11 is 6.35. The quantitative estimate of drug-likeness (QED) is 0.388. The van der Waals surface area contributed by atoms with Crippen molar-refractivity contribution < 1.29 is 4.79 Å². The first-order chi connectivity index (χ1) is 13.5. The van der Waals surface area contributed by atoms with E-state index in [1.165, 1.54) is 28.5 Å². The van der Waals surface area contributed by atoms with Crippen molar-refractivity contribution in [2.75, 3.05) is 12.8 Å². The van der Waals surface area contributed by atoms with Gasteiger partial charge < -0.3 is 4.90 Å². The highest BCUT2D eigenvalue weighted by atomic mass is 32.2. The summed E-state index contributed by atoms with van der Waals surface area (Å²) in [7, 11) is 1.84. The highest BCUT2D eigenvalue weighted by Crippen LogP contribution is 2.31. The Labute approximate surface area is 182 Å². The van der Waals surface area contributed by atoms with E-state index in [2.05, 4.69) is 53.7 Å². The van der Waals surface area contributed by atoms with Crippen LogP contribution in [-0.4, -0.2) is 33.8 Å². The highest BCUT2D eigenvalue weighted by molar-refractivity contribution is 8.03. The molecule has 0 fully saturated rings. The average molecular weight is 450 g/mol. The summed E-state index contributed by atoms with van der Waals surface area (Å²) in [5.41, 5.74) is 3.81. The predicted molar refractivity (Wildman–Crippen MR) is 122 cm³/mol. The first kappa shape index (κ1) is 21.4. The molecular weight excluding hydrogens is 427 g/mol. The zero-order valence-electron chi connectivity index (χ0n) is 16.1. The van der Waals surface area contributed by atoms with Gasteiger partial charge in [-0.25, -0.2) is 0 Å². The molecule has 3 rings (SSSR count). The number of hydrogen-bond donors (Lipinski definition) is 0. The molecule has 1 aromatic carbocycles. The molecule has 2 heterocycles. The molecule has 0 spiro atoms. The number of rotatable bonds is 9. The number of nitrogens with zero attached hydrogens (tertiary/aromatic N) is 3. The Morgan fingerprint density at radius 2 is 1.79 bits per heavy atom. The van der Waals surface area contributed by atoms with Crippen LogP contribution < -0.4 is 0 Å². The fourth-order valence-electron chi connectivity index (χ4n) is 2.44. The fourth-order valence-corrected chi connectivity index (χ4v) is 6.01. The van der Waals surface area contributed by atoms with Gasteiger partial charge in [0.2, 0.25) is 5.91 Å². The molecule has 8 heteroatoms. The van der Waals surface area contributed by atoms with E-state index < -0.39 is 0 Å². The van der Waals surface area contributed by atoms with E-state index in [9.17, 15) is 4.79 Å². The Balaban J connectivity index is 1.44. The third kappa shape index (κ3) is 6.34. The summed E-state index contributed by atoms with van der Waals surface area (Å²) in [5.74, 6) is 1.92. The van der Waals surface area contributed by atoms with Crippen molar-refractivity contribution in [2.24, 2.45) is 0 Å². The molecule has 0 bridgehead atoms. The molecular formula is C20H23N3OS4. The number of hydrogen-bond acceptors (Lipinski definition) is 7. The van der Waals surface area contributed by atoms with Crippen LogP contribution in [-0.2, 0) is 17.1 Å². The van der Waals surface area contributed by atoms with E-state index in [1.807, 2.05) is 18.5 Å². The lowest BCUT2D eigenvalue weighted by molar-refractivity contribution is -0.127. The standard InChI is InChI=1S/C20H23N3OS4/c1-14(2)17-6-4-15(5-7-17)12-26-19-21-22-20(28-19)27-13-18(24)23(3)10-16-8-9-25-11-16/h4-9,11,14H,10,12-13H2,1-3H3. The fraction of sp³-hybridized carbons (Fsp3) is 0.350. The molecule has 1 amide bonds. The number of amides is 1. The number of carbonyl (C=O) groups excluding carboxylic acids is 1. The maximum absolute atomic E-state index is 12.3. The SMILES string of the molecule is CC(C)c1ccc(CSc2nnc(SCC(=O)N(C)Cc3ccsc3)s2)cc1. The third-order valence-corrected chi connectivity index (χ3v) is 8.12. The Morgan fingerprint density at radius 1 is 1.07 bits per heavy atom. The first-order valence-corrected chi connectivity index (χ1v) is 12.7. The zero-order chi connectivity index (χ0) is 19.9. The van der Waals surface area contributed by atoms with Gasteiger partial charge in [0.05, 0.1) is 5.75 Å². The van der Waals surface area contributed by atoms with Crippen molar-refractivity contribution in [3.05, 3.63) is 57.8 Å². The van der Waals surface area contributed by atoms with E-state index in [0.29, 0.717) is 18.2 Å². The minimum Gasteiger partial charge on any atom is -0.341 e. The number of aromatic nitrogens is 2. The predicted octanol–water partition coefficient (Wildman–Crippen LogP) is 5.77. The van der Waals surface area contributed by atoms with Gasteiger partial charge in [0.1, 0.15) is 0 Å². The smallest absolute Gasteiger partial charge is 0.233 e. The number of thioether (sulfide) groups is 2. The van der Waals surface area contributed by atoms with Gasteiger partial charge in [-0.2, -0.15) is 11.3 Å². The Morgan fingerprint density at radius 3 is 2.43 bits per heavy atom. The lowest BCUT2D eigenvalue weighted by Gasteiger charge is -2.15. The van der Waals surface area contributed by atoms with Crippen LogP contribution in [0, 0.1) is 0 Å². The van der Waals surface area contributed by atoms with Crippen LogP contribution in [0.1, 0.15) is 36.5 Å². The Hall–Kier alpha value is -1.35. The Kier molecular flexibility index (Phi) is 7.96. The third-order valence-electron chi connectivity index (χ3n) is 4.14. The van der Waals surface area contributed by atoms with Crippen molar-refractivity contribution in [3.63, 3.8) is 0 Å². The molecule has 148 valence electrons. The molecule has 0 aliphatic carbocycles. The summed E-state index contributed by atoms with van der Waals surface area (Å²) in [5, 5.41) is 12.6. The second-order valence-corrected chi connectivity index (χ2v) is 10.9. The minimum atomic E-state index is 0.103.